The summed E-state index contributed by atoms with van der Waals surface area (Å²) in [5.74, 6) is 1.32. The first-order chi connectivity index (χ1) is 9.16. The van der Waals surface area contributed by atoms with Crippen molar-refractivity contribution in [2.75, 3.05) is 0 Å². The Labute approximate surface area is 113 Å². The van der Waals surface area contributed by atoms with Crippen molar-refractivity contribution in [1.82, 2.24) is 10.1 Å². The number of nitrogens with zero attached hydrogens (tertiary/aromatic N) is 2. The SMILES string of the molecule is Cc1ccccc1-c1noc(CC2(N)CCCC2)n1. The summed E-state index contributed by atoms with van der Waals surface area (Å²) < 4.78 is 5.36. The average Bonchev–Trinajstić information content (AvgIpc) is 3.00. The second-order valence-corrected chi connectivity index (χ2v) is 5.57. The van der Waals surface area contributed by atoms with Gasteiger partial charge in [-0.2, -0.15) is 4.98 Å². The molecule has 0 aliphatic heterocycles. The van der Waals surface area contributed by atoms with E-state index in [0.717, 1.165) is 24.0 Å². The predicted octanol–water partition coefficient (Wildman–Crippen LogP) is 2.86. The van der Waals surface area contributed by atoms with Crippen molar-refractivity contribution in [3.63, 3.8) is 0 Å². The molecule has 0 saturated heterocycles. The quantitative estimate of drug-likeness (QED) is 0.918. The van der Waals surface area contributed by atoms with Crippen LogP contribution in [0.1, 0.15) is 37.1 Å². The molecule has 19 heavy (non-hydrogen) atoms. The molecule has 0 amide bonds. The van der Waals surface area contributed by atoms with Crippen molar-refractivity contribution < 1.29 is 4.52 Å². The highest BCUT2D eigenvalue weighted by molar-refractivity contribution is 5.58. The van der Waals surface area contributed by atoms with Crippen molar-refractivity contribution in [1.29, 1.82) is 0 Å². The van der Waals surface area contributed by atoms with Crippen molar-refractivity contribution in [2.24, 2.45) is 5.73 Å². The molecule has 3 rings (SSSR count). The molecule has 1 aromatic carbocycles. The first kappa shape index (κ1) is 12.4. The first-order valence-corrected chi connectivity index (χ1v) is 6.84. The van der Waals surface area contributed by atoms with E-state index < -0.39 is 0 Å². The van der Waals surface area contributed by atoms with Crippen molar-refractivity contribution in [3.8, 4) is 11.4 Å². The number of nitrogens with two attached hydrogens (primary N) is 1. The third kappa shape index (κ3) is 2.54. The van der Waals surface area contributed by atoms with Crippen LogP contribution in [0.2, 0.25) is 0 Å². The normalized spacial score (nSPS) is 17.8. The maximum absolute atomic E-state index is 6.34. The van der Waals surface area contributed by atoms with E-state index in [0.29, 0.717) is 18.1 Å². The maximum Gasteiger partial charge on any atom is 0.228 e. The van der Waals surface area contributed by atoms with E-state index in [1.807, 2.05) is 31.2 Å². The smallest absolute Gasteiger partial charge is 0.228 e. The summed E-state index contributed by atoms with van der Waals surface area (Å²) in [7, 11) is 0. The topological polar surface area (TPSA) is 64.9 Å². The molecule has 4 nitrogen and oxygen atoms in total. The van der Waals surface area contributed by atoms with Crippen LogP contribution in [0.15, 0.2) is 28.8 Å². The molecular formula is C15H19N3O. The molecule has 1 aliphatic rings. The Morgan fingerprint density at radius 2 is 2.00 bits per heavy atom. The fourth-order valence-electron chi connectivity index (χ4n) is 2.82. The molecule has 1 saturated carbocycles. The molecule has 100 valence electrons. The van der Waals surface area contributed by atoms with Gasteiger partial charge in [-0.25, -0.2) is 0 Å². The summed E-state index contributed by atoms with van der Waals surface area (Å²) in [5, 5.41) is 4.08. The lowest BCUT2D eigenvalue weighted by molar-refractivity contribution is 0.329. The number of aryl methyl sites for hydroxylation is 1. The van der Waals surface area contributed by atoms with Crippen molar-refractivity contribution in [2.45, 2.75) is 44.6 Å². The predicted molar refractivity (Wildman–Crippen MR) is 73.6 cm³/mol. The Hall–Kier alpha value is -1.68. The largest absolute Gasteiger partial charge is 0.339 e. The van der Waals surface area contributed by atoms with Crippen molar-refractivity contribution >= 4 is 0 Å². The summed E-state index contributed by atoms with van der Waals surface area (Å²) in [6, 6.07) is 8.05. The summed E-state index contributed by atoms with van der Waals surface area (Å²) in [5.41, 5.74) is 8.37. The van der Waals surface area contributed by atoms with Crippen molar-refractivity contribution in [3.05, 3.63) is 35.7 Å². The Kier molecular flexibility index (Phi) is 3.11. The number of benzene rings is 1. The van der Waals surface area contributed by atoms with Crippen LogP contribution in [0, 0.1) is 6.92 Å². The zero-order valence-corrected chi connectivity index (χ0v) is 11.2. The Balaban J connectivity index is 1.82. The minimum Gasteiger partial charge on any atom is -0.339 e. The van der Waals surface area contributed by atoms with Gasteiger partial charge in [0.25, 0.3) is 0 Å². The van der Waals surface area contributed by atoms with Gasteiger partial charge in [0.15, 0.2) is 0 Å². The Morgan fingerprint density at radius 3 is 2.74 bits per heavy atom. The number of hydrogen-bond donors (Lipinski definition) is 1. The summed E-state index contributed by atoms with van der Waals surface area (Å²) in [6.45, 7) is 2.05. The minimum absolute atomic E-state index is 0.143. The van der Waals surface area contributed by atoms with E-state index >= 15 is 0 Å². The van der Waals surface area contributed by atoms with Crippen LogP contribution in [0.5, 0.6) is 0 Å². The number of hydrogen-bond acceptors (Lipinski definition) is 4. The zero-order chi connectivity index (χ0) is 13.3. The molecule has 1 aromatic heterocycles. The molecule has 2 aromatic rings. The van der Waals surface area contributed by atoms with Gasteiger partial charge in [0.05, 0.1) is 0 Å². The van der Waals surface area contributed by atoms with Gasteiger partial charge in [0.2, 0.25) is 11.7 Å². The zero-order valence-electron chi connectivity index (χ0n) is 11.2. The molecule has 0 bridgehead atoms. The molecular weight excluding hydrogens is 238 g/mol. The molecule has 0 radical (unpaired) electrons. The number of aromatic nitrogens is 2. The molecule has 2 N–H and O–H groups in total. The standard InChI is InChI=1S/C15H19N3O/c1-11-6-2-3-7-12(11)14-17-13(19-18-14)10-15(16)8-4-5-9-15/h2-3,6-7H,4-5,8-10,16H2,1H3. The highest BCUT2D eigenvalue weighted by Crippen LogP contribution is 2.30. The highest BCUT2D eigenvalue weighted by atomic mass is 16.5. The van der Waals surface area contributed by atoms with Gasteiger partial charge in [0.1, 0.15) is 0 Å². The highest BCUT2D eigenvalue weighted by Gasteiger charge is 2.31. The summed E-state index contributed by atoms with van der Waals surface area (Å²) >= 11 is 0. The molecule has 0 atom stereocenters. The summed E-state index contributed by atoms with van der Waals surface area (Å²) in [4.78, 5) is 4.49. The van der Waals surface area contributed by atoms with Gasteiger partial charge in [-0.3, -0.25) is 0 Å². The van der Waals surface area contributed by atoms with E-state index in [1.54, 1.807) is 0 Å². The Morgan fingerprint density at radius 1 is 1.26 bits per heavy atom. The third-order valence-electron chi connectivity index (χ3n) is 3.96. The van der Waals surface area contributed by atoms with Crippen LogP contribution in [-0.4, -0.2) is 15.7 Å². The van der Waals surface area contributed by atoms with Crippen LogP contribution in [0.25, 0.3) is 11.4 Å². The monoisotopic (exact) mass is 257 g/mol. The summed E-state index contributed by atoms with van der Waals surface area (Å²) in [6.07, 6.45) is 5.20. The second-order valence-electron chi connectivity index (χ2n) is 5.57. The van der Waals surface area contributed by atoms with Gasteiger partial charge in [-0.15, -0.1) is 0 Å². The lowest BCUT2D eigenvalue weighted by atomic mass is 9.95. The van der Waals surface area contributed by atoms with Crippen LogP contribution >= 0.6 is 0 Å². The molecule has 4 heteroatoms. The van der Waals surface area contributed by atoms with E-state index in [2.05, 4.69) is 10.1 Å². The van der Waals surface area contributed by atoms with Gasteiger partial charge < -0.3 is 10.3 Å². The number of rotatable bonds is 3. The van der Waals surface area contributed by atoms with E-state index in [9.17, 15) is 0 Å². The lowest BCUT2D eigenvalue weighted by Crippen LogP contribution is -2.38. The van der Waals surface area contributed by atoms with Crippen LogP contribution in [0.3, 0.4) is 0 Å². The minimum atomic E-state index is -0.143. The third-order valence-corrected chi connectivity index (χ3v) is 3.96. The molecule has 0 unspecified atom stereocenters. The molecule has 1 fully saturated rings. The van der Waals surface area contributed by atoms with E-state index in [1.165, 1.54) is 12.8 Å². The van der Waals surface area contributed by atoms with Crippen LogP contribution < -0.4 is 5.73 Å². The van der Waals surface area contributed by atoms with Gasteiger partial charge in [-0.1, -0.05) is 42.3 Å². The Bertz CT molecular complexity index is 570. The second kappa shape index (κ2) is 4.78. The first-order valence-electron chi connectivity index (χ1n) is 6.84. The van der Waals surface area contributed by atoms with E-state index in [-0.39, 0.29) is 5.54 Å². The van der Waals surface area contributed by atoms with Gasteiger partial charge in [-0.05, 0) is 25.3 Å². The van der Waals surface area contributed by atoms with Gasteiger partial charge in [0, 0.05) is 17.5 Å². The average molecular weight is 257 g/mol. The molecule has 1 heterocycles. The fraction of sp³-hybridized carbons (Fsp3) is 0.467. The van der Waals surface area contributed by atoms with Crippen LogP contribution in [0.4, 0.5) is 0 Å². The van der Waals surface area contributed by atoms with Gasteiger partial charge >= 0.3 is 0 Å². The lowest BCUT2D eigenvalue weighted by Gasteiger charge is -2.20. The molecule has 1 aliphatic carbocycles. The maximum atomic E-state index is 6.34. The van der Waals surface area contributed by atoms with Crippen LogP contribution in [-0.2, 0) is 6.42 Å². The van der Waals surface area contributed by atoms with E-state index in [4.69, 9.17) is 10.3 Å². The fourth-order valence-corrected chi connectivity index (χ4v) is 2.82. The molecule has 0 spiro atoms.